The monoisotopic (exact) mass is 1830 g/mol. The molecule has 105 heavy (non-hydrogen) atoms. The molecule has 0 amide bonds. The van der Waals surface area contributed by atoms with Gasteiger partial charge in [-0.2, -0.15) is 0 Å². The molecule has 0 bridgehead atoms. The Morgan fingerprint density at radius 2 is 0.790 bits per heavy atom. The van der Waals surface area contributed by atoms with Crippen LogP contribution in [0.5, 0.6) is 11.5 Å². The van der Waals surface area contributed by atoms with Gasteiger partial charge < -0.3 is 38.7 Å². The van der Waals surface area contributed by atoms with Crippen molar-refractivity contribution in [3.05, 3.63) is 312 Å². The van der Waals surface area contributed by atoms with Gasteiger partial charge in [0.1, 0.15) is 11.5 Å². The number of methoxy groups -OCH3 is 2. The van der Waals surface area contributed by atoms with Crippen LogP contribution < -0.4 is 20.2 Å². The van der Waals surface area contributed by atoms with E-state index in [1.807, 2.05) is 216 Å². The number of nitrogens with zero attached hydrogens (tertiary/aromatic N) is 4. The Bertz CT molecular complexity index is 4430. The van der Waals surface area contributed by atoms with Crippen molar-refractivity contribution in [2.75, 3.05) is 14.2 Å². The zero-order valence-corrected chi connectivity index (χ0v) is 69.3. The van der Waals surface area contributed by atoms with Crippen molar-refractivity contribution >= 4 is 41.7 Å². The molecule has 0 N–H and O–H groups in total. The number of aromatic nitrogens is 4. The number of benzene rings is 8. The van der Waals surface area contributed by atoms with Crippen LogP contribution in [-0.2, 0) is 49.5 Å². The third-order valence-electron chi connectivity index (χ3n) is 18.9. The van der Waals surface area contributed by atoms with Crippen LogP contribution in [0.25, 0.3) is 67.3 Å². The third-order valence-corrected chi connectivity index (χ3v) is 23.0. The van der Waals surface area contributed by atoms with Crippen LogP contribution in [0.15, 0.2) is 265 Å². The zero-order valence-electron chi connectivity index (χ0n) is 62.0. The summed E-state index contributed by atoms with van der Waals surface area (Å²) in [4.78, 5) is 17.9. The fraction of sp³-hybridized carbons (Fsp3) is 0.261. The van der Waals surface area contributed by atoms with Crippen molar-refractivity contribution in [3.63, 3.8) is 0 Å². The normalized spacial score (nSPS) is 14.2. The van der Waals surface area contributed by atoms with Gasteiger partial charge in [0.25, 0.3) is 0 Å². The quantitative estimate of drug-likeness (QED) is 0.0679. The van der Waals surface area contributed by atoms with E-state index in [0.29, 0.717) is 0 Å². The summed E-state index contributed by atoms with van der Waals surface area (Å²) in [6, 6.07) is 100. The second kappa shape index (κ2) is 41.9. The summed E-state index contributed by atoms with van der Waals surface area (Å²) in [7, 11) is 3.00. The van der Waals surface area contributed by atoms with Crippen LogP contribution in [0.3, 0.4) is 0 Å². The van der Waals surface area contributed by atoms with Gasteiger partial charge in [-0.15, -0.1) is 142 Å². The zero-order chi connectivity index (χ0) is 72.4. The molecule has 2 radical (unpaired) electrons. The van der Waals surface area contributed by atoms with Crippen molar-refractivity contribution in [1.82, 2.24) is 19.9 Å². The second-order valence-corrected chi connectivity index (χ2v) is 30.7. The van der Waals surface area contributed by atoms with E-state index in [0.717, 1.165) is 106 Å². The van der Waals surface area contributed by atoms with Gasteiger partial charge in [0.2, 0.25) is 0 Å². The molecule has 1 saturated heterocycles. The van der Waals surface area contributed by atoms with Crippen LogP contribution in [0.2, 0.25) is 0 Å². The Balaban J connectivity index is 0.000000166. The van der Waals surface area contributed by atoms with Gasteiger partial charge >= 0.3 is 7.12 Å². The summed E-state index contributed by atoms with van der Waals surface area (Å²) < 4.78 is 24.9. The number of aryl methyl sites for hydroxylation is 4. The van der Waals surface area contributed by atoms with Gasteiger partial charge in [-0.05, 0) is 180 Å². The van der Waals surface area contributed by atoms with Crippen LogP contribution in [0, 0.1) is 52.0 Å². The molecule has 2 aliphatic carbocycles. The van der Waals surface area contributed by atoms with Crippen molar-refractivity contribution < 1.29 is 59.0 Å². The molecule has 3 aliphatic rings. The molecule has 0 atom stereocenters. The molecule has 13 heteroatoms. The van der Waals surface area contributed by atoms with Crippen LogP contribution in [0.1, 0.15) is 115 Å². The Morgan fingerprint density at radius 3 is 1.21 bits per heavy atom. The summed E-state index contributed by atoms with van der Waals surface area (Å²) >= 11 is 3.31. The topological polar surface area (TPSA) is 88.5 Å². The summed E-state index contributed by atoms with van der Waals surface area (Å²) in [5, 5.41) is 1.59. The first-order valence-electron chi connectivity index (χ1n) is 36.0. The molecule has 5 heterocycles. The van der Waals surface area contributed by atoms with E-state index >= 15 is 0 Å². The number of halogens is 1. The van der Waals surface area contributed by atoms with Gasteiger partial charge in [-0.1, -0.05) is 190 Å². The number of pyridine rings is 4. The minimum absolute atomic E-state index is 0. The molecule has 12 aromatic rings. The average Bonchev–Trinajstić information content (AvgIpc) is 1.77. The molecule has 2 saturated carbocycles. The first kappa shape index (κ1) is 82.8. The van der Waals surface area contributed by atoms with E-state index in [1.54, 1.807) is 19.5 Å². The molecule has 544 valence electrons. The molecule has 0 spiro atoms. The van der Waals surface area contributed by atoms with E-state index in [4.69, 9.17) is 18.8 Å². The van der Waals surface area contributed by atoms with E-state index in [-0.39, 0.29) is 66.5 Å². The summed E-state index contributed by atoms with van der Waals surface area (Å²) in [6.07, 6.45) is 14.2. The molecule has 1 aliphatic heterocycles. The molecule has 15 rings (SSSR count). The van der Waals surface area contributed by atoms with Crippen molar-refractivity contribution in [2.45, 2.75) is 142 Å². The number of ether oxygens (including phenoxy) is 2. The molecule has 4 aromatic heterocycles. The minimum atomic E-state index is -0.358. The summed E-state index contributed by atoms with van der Waals surface area (Å²) in [5.41, 5.74) is 19.0. The first-order chi connectivity index (χ1) is 50.1. The van der Waals surface area contributed by atoms with Gasteiger partial charge in [-0.3, -0.25) is 0 Å². The van der Waals surface area contributed by atoms with E-state index in [1.165, 1.54) is 80.9 Å². The Labute approximate surface area is 662 Å². The number of hydrogen-bond acceptors (Lipinski definition) is 8. The standard InChI is InChI=1S/C26H35O2P.C18H21BNO2.C18H14N.2C12H10N.C6H5Br.2Ir/c1-27-23-17-11-18-24(28-2)26(23)22-16-9-10-19-25(22)29(20-12-5-3-6-13-20)21-14-7-4-8-15-21;1-13-8-6-11-16(20-13)14-9-7-10-15(12-14)19-21-17(2,3)18(4,5)22-19;1-14-7-5-12-18(19-14)17-11-6-10-16(13-17)15-8-3-2-4-9-15;2*1-10-6-5-9-12(13-10)11-7-3-2-4-8-11;7-6-4-2-1-3-5-6;;/h9-11,16-21H,3-8,12-15H2,1-2H3;6-8,10-12H,1-5H3;2-10,12-13H,1H3;2*2-7,9H,1H3;1-5H;;/q;4*-1;;;. The molecule has 0 unspecified atom stereocenters. The predicted octanol–water partition coefficient (Wildman–Crippen LogP) is 23.0. The average molecular weight is 1830 g/mol. The van der Waals surface area contributed by atoms with E-state index in [2.05, 4.69) is 161 Å². The van der Waals surface area contributed by atoms with E-state index in [9.17, 15) is 0 Å². The SMILES string of the molecule is Brc1ccccc1.COc1cccc(OC)c1-c1ccccc1P(C1CCCCC1)C1CCCCC1.Cc1cccc(-c2[c-]ccc(-c3ccccc3)c2)n1.Cc1cccc(-c2[c-]ccc(B3OC(C)(C)C(C)(C)O3)c2)n1.Cc1cccc(-c2[c-]cccc2)n1.Cc1cccc(-c2[c-]cccc2)n1.[Ir].[Ir]. The fourth-order valence-corrected chi connectivity index (χ4v) is 17.2. The number of hydrogen-bond donors (Lipinski definition) is 0. The van der Waals surface area contributed by atoms with Gasteiger partial charge in [0.05, 0.1) is 31.0 Å². The predicted molar refractivity (Wildman–Crippen MR) is 434 cm³/mol. The van der Waals surface area contributed by atoms with Crippen LogP contribution >= 0.6 is 23.9 Å². The Morgan fingerprint density at radius 1 is 0.400 bits per heavy atom. The van der Waals surface area contributed by atoms with Crippen LogP contribution in [-0.4, -0.2) is 63.8 Å². The Hall–Kier alpha value is -7.85. The first-order valence-corrected chi connectivity index (χ1v) is 38.3. The maximum atomic E-state index is 6.11. The van der Waals surface area contributed by atoms with Gasteiger partial charge in [-0.25, -0.2) is 0 Å². The maximum absolute atomic E-state index is 6.11. The molecule has 8 aromatic carbocycles. The van der Waals surface area contributed by atoms with Gasteiger partial charge in [0.15, 0.2) is 0 Å². The van der Waals surface area contributed by atoms with Crippen molar-refractivity contribution in [2.24, 2.45) is 0 Å². The Kier molecular flexibility index (Phi) is 33.0. The summed E-state index contributed by atoms with van der Waals surface area (Å²) in [5.74, 6) is 1.83. The smallest absolute Gasteiger partial charge is 0.475 e. The number of rotatable bonds is 12. The molecule has 3 fully saturated rings. The maximum Gasteiger partial charge on any atom is 0.475 e. The molecule has 8 nitrogen and oxygen atoms in total. The van der Waals surface area contributed by atoms with Crippen molar-refractivity contribution in [1.29, 1.82) is 0 Å². The molecular formula is C92H95BBrIr2N4O4P-4. The minimum Gasteiger partial charge on any atom is -0.496 e. The largest absolute Gasteiger partial charge is 0.496 e. The third kappa shape index (κ3) is 24.1. The van der Waals surface area contributed by atoms with Gasteiger partial charge in [0, 0.05) is 67.5 Å². The fourth-order valence-electron chi connectivity index (χ4n) is 12.9. The second-order valence-electron chi connectivity index (χ2n) is 27.0. The van der Waals surface area contributed by atoms with Crippen LogP contribution in [0.4, 0.5) is 0 Å². The molecular weight excluding hydrogens is 1730 g/mol. The summed E-state index contributed by atoms with van der Waals surface area (Å²) in [6.45, 7) is 16.2. The van der Waals surface area contributed by atoms with Crippen molar-refractivity contribution in [3.8, 4) is 78.8 Å². The van der Waals surface area contributed by atoms with E-state index < -0.39 is 0 Å².